The third-order valence-corrected chi connectivity index (χ3v) is 4.18. The van der Waals surface area contributed by atoms with Crippen LogP contribution in [0.4, 0.5) is 0 Å². The van der Waals surface area contributed by atoms with Crippen molar-refractivity contribution in [2.24, 2.45) is 0 Å². The van der Waals surface area contributed by atoms with Crippen molar-refractivity contribution < 1.29 is 19.1 Å². The Bertz CT molecular complexity index is 612. The summed E-state index contributed by atoms with van der Waals surface area (Å²) in [5.41, 5.74) is 0.883. The molecule has 1 aliphatic heterocycles. The van der Waals surface area contributed by atoms with Crippen LogP contribution in [0.5, 0.6) is 5.75 Å². The third kappa shape index (κ3) is 5.60. The molecule has 6 heteroatoms. The van der Waals surface area contributed by atoms with Gasteiger partial charge >= 0.3 is 0 Å². The van der Waals surface area contributed by atoms with E-state index >= 15 is 0 Å². The predicted molar refractivity (Wildman–Crippen MR) is 96.2 cm³/mol. The highest BCUT2D eigenvalue weighted by atomic mass is 16.5. The van der Waals surface area contributed by atoms with Gasteiger partial charge in [-0.25, -0.2) is 0 Å². The Kier molecular flexibility index (Phi) is 7.01. The van der Waals surface area contributed by atoms with Crippen molar-refractivity contribution in [3.63, 3.8) is 0 Å². The smallest absolute Gasteiger partial charge is 0.245 e. The lowest BCUT2D eigenvalue weighted by molar-refractivity contribution is -0.142. The van der Waals surface area contributed by atoms with Gasteiger partial charge in [0.05, 0.1) is 19.8 Å². The van der Waals surface area contributed by atoms with Crippen LogP contribution >= 0.6 is 0 Å². The Balaban J connectivity index is 1.86. The molecule has 1 N–H and O–H groups in total. The van der Waals surface area contributed by atoms with Gasteiger partial charge in [-0.1, -0.05) is 19.1 Å². The minimum Gasteiger partial charge on any atom is -0.497 e. The van der Waals surface area contributed by atoms with Crippen LogP contribution in [0, 0.1) is 0 Å². The zero-order chi connectivity index (χ0) is 18.2. The molecule has 2 amide bonds. The normalized spacial score (nSPS) is 18.8. The molecule has 0 aromatic heterocycles. The van der Waals surface area contributed by atoms with Crippen LogP contribution in [0.25, 0.3) is 6.08 Å². The molecule has 2 unspecified atom stereocenters. The Morgan fingerprint density at radius 1 is 1.40 bits per heavy atom. The molecular formula is C19H26N2O4. The van der Waals surface area contributed by atoms with Crippen LogP contribution in [0.15, 0.2) is 30.3 Å². The number of amides is 2. The summed E-state index contributed by atoms with van der Waals surface area (Å²) in [5, 5.41) is 2.72. The van der Waals surface area contributed by atoms with Gasteiger partial charge in [-0.05, 0) is 37.1 Å². The number of nitrogens with one attached hydrogen (secondary N) is 1. The van der Waals surface area contributed by atoms with E-state index in [1.165, 1.54) is 6.08 Å². The molecule has 1 aliphatic rings. The van der Waals surface area contributed by atoms with E-state index in [0.717, 1.165) is 17.7 Å². The quantitative estimate of drug-likeness (QED) is 0.798. The lowest BCUT2D eigenvalue weighted by Crippen LogP contribution is -2.52. The number of benzene rings is 1. The number of ether oxygens (including phenoxy) is 2. The monoisotopic (exact) mass is 346 g/mol. The molecule has 0 bridgehead atoms. The molecule has 1 aromatic carbocycles. The maximum absolute atomic E-state index is 12.5. The number of nitrogens with zero attached hydrogens (tertiary/aromatic N) is 1. The summed E-state index contributed by atoms with van der Waals surface area (Å²) in [6.07, 6.45) is 4.08. The van der Waals surface area contributed by atoms with Crippen LogP contribution in [-0.2, 0) is 14.3 Å². The number of morpholine rings is 1. The number of hydrogen-bond acceptors (Lipinski definition) is 4. The van der Waals surface area contributed by atoms with Crippen molar-refractivity contribution in [2.75, 3.05) is 26.8 Å². The van der Waals surface area contributed by atoms with Crippen LogP contribution in [0.2, 0.25) is 0 Å². The highest BCUT2D eigenvalue weighted by Gasteiger charge is 2.26. The average Bonchev–Trinajstić information content (AvgIpc) is 2.66. The molecule has 136 valence electrons. The first-order valence-corrected chi connectivity index (χ1v) is 8.56. The minimum atomic E-state index is -0.566. The van der Waals surface area contributed by atoms with Crippen LogP contribution < -0.4 is 10.1 Å². The number of rotatable bonds is 6. The molecule has 1 saturated heterocycles. The summed E-state index contributed by atoms with van der Waals surface area (Å²) < 4.78 is 10.7. The average molecular weight is 346 g/mol. The number of methoxy groups -OCH3 is 1. The molecule has 0 aliphatic carbocycles. The Hall–Kier alpha value is -2.34. The topological polar surface area (TPSA) is 67.9 Å². The number of carbonyl (C=O) groups excluding carboxylic acids is 2. The highest BCUT2D eigenvalue weighted by Crippen LogP contribution is 2.12. The molecule has 0 radical (unpaired) electrons. The fraction of sp³-hybridized carbons (Fsp3) is 0.474. The second kappa shape index (κ2) is 9.22. The van der Waals surface area contributed by atoms with Gasteiger partial charge in [0.2, 0.25) is 11.8 Å². The van der Waals surface area contributed by atoms with E-state index in [4.69, 9.17) is 9.47 Å². The summed E-state index contributed by atoms with van der Waals surface area (Å²) in [4.78, 5) is 26.3. The van der Waals surface area contributed by atoms with Crippen molar-refractivity contribution in [3.8, 4) is 5.75 Å². The molecule has 6 nitrogen and oxygen atoms in total. The summed E-state index contributed by atoms with van der Waals surface area (Å²) >= 11 is 0. The zero-order valence-corrected chi connectivity index (χ0v) is 15.0. The largest absolute Gasteiger partial charge is 0.497 e. The van der Waals surface area contributed by atoms with Gasteiger partial charge in [0.15, 0.2) is 0 Å². The van der Waals surface area contributed by atoms with E-state index in [9.17, 15) is 9.59 Å². The lowest BCUT2D eigenvalue weighted by Gasteiger charge is -2.34. The summed E-state index contributed by atoms with van der Waals surface area (Å²) in [5.74, 6) is 0.390. The maximum atomic E-state index is 12.5. The molecule has 1 heterocycles. The van der Waals surface area contributed by atoms with Gasteiger partial charge in [0.1, 0.15) is 11.8 Å². The molecule has 2 rings (SSSR count). The minimum absolute atomic E-state index is 0.0760. The van der Waals surface area contributed by atoms with E-state index in [2.05, 4.69) is 5.32 Å². The summed E-state index contributed by atoms with van der Waals surface area (Å²) in [7, 11) is 1.61. The lowest BCUT2D eigenvalue weighted by atomic mass is 10.2. The van der Waals surface area contributed by atoms with Crippen LogP contribution in [-0.4, -0.2) is 55.7 Å². The van der Waals surface area contributed by atoms with Crippen molar-refractivity contribution in [1.82, 2.24) is 10.2 Å². The van der Waals surface area contributed by atoms with Crippen LogP contribution in [0.1, 0.15) is 25.8 Å². The maximum Gasteiger partial charge on any atom is 0.245 e. The van der Waals surface area contributed by atoms with Crippen molar-refractivity contribution in [2.45, 2.75) is 32.4 Å². The first-order valence-electron chi connectivity index (χ1n) is 8.56. The molecule has 1 fully saturated rings. The van der Waals surface area contributed by atoms with Gasteiger partial charge in [-0.15, -0.1) is 0 Å². The van der Waals surface area contributed by atoms with Crippen molar-refractivity contribution in [3.05, 3.63) is 35.9 Å². The summed E-state index contributed by atoms with van der Waals surface area (Å²) in [6, 6.07) is 6.80. The molecule has 25 heavy (non-hydrogen) atoms. The van der Waals surface area contributed by atoms with Gasteiger partial charge in [0, 0.05) is 19.2 Å². The first-order chi connectivity index (χ1) is 12.0. The predicted octanol–water partition coefficient (Wildman–Crippen LogP) is 1.85. The second-order valence-corrected chi connectivity index (χ2v) is 6.02. The molecule has 1 aromatic rings. The zero-order valence-electron chi connectivity index (χ0n) is 15.0. The van der Waals surface area contributed by atoms with Gasteiger partial charge in [0.25, 0.3) is 0 Å². The number of carbonyl (C=O) groups is 2. The van der Waals surface area contributed by atoms with E-state index < -0.39 is 6.04 Å². The SMILES string of the molecule is CCC1CN(C(=O)C(C)NC(=O)/C=C/c2ccc(OC)cc2)CCO1. The van der Waals surface area contributed by atoms with Gasteiger partial charge in [-0.2, -0.15) is 0 Å². The first kappa shape index (κ1) is 19.0. The fourth-order valence-corrected chi connectivity index (χ4v) is 2.65. The Morgan fingerprint density at radius 3 is 2.76 bits per heavy atom. The Labute approximate surface area is 148 Å². The highest BCUT2D eigenvalue weighted by molar-refractivity contribution is 5.95. The van der Waals surface area contributed by atoms with E-state index in [1.54, 1.807) is 25.0 Å². The van der Waals surface area contributed by atoms with E-state index in [0.29, 0.717) is 19.7 Å². The number of hydrogen-bond donors (Lipinski definition) is 1. The van der Waals surface area contributed by atoms with Crippen LogP contribution in [0.3, 0.4) is 0 Å². The molecule has 0 saturated carbocycles. The Morgan fingerprint density at radius 2 is 2.12 bits per heavy atom. The van der Waals surface area contributed by atoms with E-state index in [-0.39, 0.29) is 17.9 Å². The molecule has 0 spiro atoms. The standard InChI is InChI=1S/C19H26N2O4/c1-4-16-13-21(11-12-25-16)19(23)14(2)20-18(22)10-7-15-5-8-17(24-3)9-6-15/h5-10,14,16H,4,11-13H2,1-3H3,(H,20,22)/b10-7+. The molecule has 2 atom stereocenters. The fourth-order valence-electron chi connectivity index (χ4n) is 2.65. The summed E-state index contributed by atoms with van der Waals surface area (Å²) in [6.45, 7) is 5.43. The van der Waals surface area contributed by atoms with E-state index in [1.807, 2.05) is 31.2 Å². The second-order valence-electron chi connectivity index (χ2n) is 6.02. The van der Waals surface area contributed by atoms with Gasteiger partial charge < -0.3 is 19.7 Å². The van der Waals surface area contributed by atoms with Gasteiger partial charge in [-0.3, -0.25) is 9.59 Å². The third-order valence-electron chi connectivity index (χ3n) is 4.18. The molecular weight excluding hydrogens is 320 g/mol. The van der Waals surface area contributed by atoms with Crippen molar-refractivity contribution in [1.29, 1.82) is 0 Å². The van der Waals surface area contributed by atoms with Crippen molar-refractivity contribution >= 4 is 17.9 Å².